The first-order valence-electron chi connectivity index (χ1n) is 7.15. The van der Waals surface area contributed by atoms with Gasteiger partial charge in [0.2, 0.25) is 6.79 Å². The Morgan fingerprint density at radius 2 is 2.14 bits per heavy atom. The van der Waals surface area contributed by atoms with E-state index in [1.165, 1.54) is 0 Å². The SMILES string of the molecule is C[NH+](CC(=O)Nc1ccc2c(c1)OCO2)[C@@H]1CCS(=O)(=O)C1. The molecule has 0 saturated carbocycles. The fourth-order valence-electron chi connectivity index (χ4n) is 2.76. The fraction of sp³-hybridized carbons (Fsp3) is 0.500. The second-order valence-electron chi connectivity index (χ2n) is 5.74. The van der Waals surface area contributed by atoms with Crippen LogP contribution in [0.2, 0.25) is 0 Å². The van der Waals surface area contributed by atoms with Crippen LogP contribution in [-0.4, -0.2) is 52.3 Å². The number of hydrogen-bond acceptors (Lipinski definition) is 5. The Kier molecular flexibility index (Phi) is 3.96. The maximum atomic E-state index is 12.1. The molecule has 1 aromatic carbocycles. The van der Waals surface area contributed by atoms with Crippen LogP contribution in [0.15, 0.2) is 18.2 Å². The van der Waals surface area contributed by atoms with Crippen LogP contribution in [-0.2, 0) is 14.6 Å². The van der Waals surface area contributed by atoms with Crippen molar-refractivity contribution in [3.05, 3.63) is 18.2 Å². The summed E-state index contributed by atoms with van der Waals surface area (Å²) < 4.78 is 33.5. The zero-order valence-corrected chi connectivity index (χ0v) is 13.1. The molecular formula is C14H19N2O5S+. The lowest BCUT2D eigenvalue weighted by molar-refractivity contribution is -0.894. The molecule has 1 amide bonds. The molecule has 0 aromatic heterocycles. The Morgan fingerprint density at radius 3 is 2.86 bits per heavy atom. The van der Waals surface area contributed by atoms with E-state index < -0.39 is 9.84 Å². The first-order valence-corrected chi connectivity index (χ1v) is 8.97. The lowest BCUT2D eigenvalue weighted by Crippen LogP contribution is -3.14. The van der Waals surface area contributed by atoms with Crippen LogP contribution in [0, 0.1) is 0 Å². The Bertz CT molecular complexity index is 688. The molecule has 2 heterocycles. The normalized spacial score (nSPS) is 23.2. The molecule has 1 unspecified atom stereocenters. The third-order valence-electron chi connectivity index (χ3n) is 4.03. The summed E-state index contributed by atoms with van der Waals surface area (Å²) in [4.78, 5) is 13.0. The van der Waals surface area contributed by atoms with Gasteiger partial charge < -0.3 is 19.7 Å². The van der Waals surface area contributed by atoms with Crippen molar-refractivity contribution in [1.29, 1.82) is 0 Å². The maximum Gasteiger partial charge on any atom is 0.279 e. The number of nitrogens with one attached hydrogen (secondary N) is 2. The van der Waals surface area contributed by atoms with Crippen LogP contribution in [0.4, 0.5) is 5.69 Å². The van der Waals surface area contributed by atoms with E-state index in [2.05, 4.69) is 5.32 Å². The van der Waals surface area contributed by atoms with E-state index >= 15 is 0 Å². The molecule has 1 aromatic rings. The summed E-state index contributed by atoms with van der Waals surface area (Å²) in [5.41, 5.74) is 0.640. The van der Waals surface area contributed by atoms with Crippen molar-refractivity contribution in [1.82, 2.24) is 0 Å². The van der Waals surface area contributed by atoms with E-state index in [1.807, 2.05) is 7.05 Å². The zero-order valence-electron chi connectivity index (χ0n) is 12.3. The molecule has 2 aliphatic rings. The minimum Gasteiger partial charge on any atom is -0.454 e. The van der Waals surface area contributed by atoms with Crippen LogP contribution < -0.4 is 19.7 Å². The van der Waals surface area contributed by atoms with Gasteiger partial charge in [-0.2, -0.15) is 0 Å². The van der Waals surface area contributed by atoms with Gasteiger partial charge >= 0.3 is 0 Å². The van der Waals surface area contributed by atoms with Gasteiger partial charge in [0.15, 0.2) is 27.9 Å². The van der Waals surface area contributed by atoms with E-state index in [-0.39, 0.29) is 36.8 Å². The van der Waals surface area contributed by atoms with Gasteiger partial charge in [0, 0.05) is 18.2 Å². The number of fused-ring (bicyclic) bond motifs is 1. The van der Waals surface area contributed by atoms with Crippen molar-refractivity contribution in [2.45, 2.75) is 12.5 Å². The number of anilines is 1. The van der Waals surface area contributed by atoms with Crippen molar-refractivity contribution >= 4 is 21.4 Å². The molecule has 0 radical (unpaired) electrons. The number of likely N-dealkylation sites (N-methyl/N-ethyl adjacent to an activating group) is 1. The average Bonchev–Trinajstić information content (AvgIpc) is 3.04. The zero-order chi connectivity index (χ0) is 15.7. The molecular weight excluding hydrogens is 308 g/mol. The Labute approximate surface area is 129 Å². The number of rotatable bonds is 4. The number of amides is 1. The highest BCUT2D eigenvalue weighted by molar-refractivity contribution is 7.91. The van der Waals surface area contributed by atoms with E-state index in [9.17, 15) is 13.2 Å². The maximum absolute atomic E-state index is 12.1. The number of benzene rings is 1. The molecule has 22 heavy (non-hydrogen) atoms. The Hall–Kier alpha value is -1.80. The number of carbonyl (C=O) groups is 1. The van der Waals surface area contributed by atoms with Crippen LogP contribution in [0.25, 0.3) is 0 Å². The van der Waals surface area contributed by atoms with E-state index in [4.69, 9.17) is 9.47 Å². The monoisotopic (exact) mass is 327 g/mol. The molecule has 8 heteroatoms. The highest BCUT2D eigenvalue weighted by Gasteiger charge is 2.34. The first kappa shape index (κ1) is 15.1. The van der Waals surface area contributed by atoms with Gasteiger partial charge in [-0.15, -0.1) is 0 Å². The minimum absolute atomic E-state index is 0.00694. The predicted octanol–water partition coefficient (Wildman–Crippen LogP) is -0.944. The van der Waals surface area contributed by atoms with Crippen molar-refractivity contribution in [2.75, 3.05) is 37.2 Å². The number of sulfone groups is 1. The van der Waals surface area contributed by atoms with E-state index in [0.29, 0.717) is 23.6 Å². The molecule has 0 aliphatic carbocycles. The second-order valence-corrected chi connectivity index (χ2v) is 7.97. The molecule has 7 nitrogen and oxygen atoms in total. The first-order chi connectivity index (χ1) is 10.4. The van der Waals surface area contributed by atoms with E-state index in [0.717, 1.165) is 4.90 Å². The van der Waals surface area contributed by atoms with E-state index in [1.54, 1.807) is 18.2 Å². The van der Waals surface area contributed by atoms with Crippen LogP contribution >= 0.6 is 0 Å². The van der Waals surface area contributed by atoms with Gasteiger partial charge in [0.25, 0.3) is 5.91 Å². The highest BCUT2D eigenvalue weighted by atomic mass is 32.2. The molecule has 2 aliphatic heterocycles. The van der Waals surface area contributed by atoms with Crippen LogP contribution in [0.3, 0.4) is 0 Å². The van der Waals surface area contributed by atoms with Crippen LogP contribution in [0.1, 0.15) is 6.42 Å². The fourth-order valence-corrected chi connectivity index (χ4v) is 4.64. The highest BCUT2D eigenvalue weighted by Crippen LogP contribution is 2.34. The molecule has 0 spiro atoms. The molecule has 1 saturated heterocycles. The topological polar surface area (TPSA) is 86.1 Å². The molecule has 3 rings (SSSR count). The van der Waals surface area contributed by atoms with Crippen LogP contribution in [0.5, 0.6) is 11.5 Å². The average molecular weight is 327 g/mol. The largest absolute Gasteiger partial charge is 0.454 e. The quantitative estimate of drug-likeness (QED) is 0.745. The number of quaternary nitrogens is 1. The molecule has 1 fully saturated rings. The summed E-state index contributed by atoms with van der Waals surface area (Å²) in [6, 6.07) is 5.21. The predicted molar refractivity (Wildman–Crippen MR) is 80.0 cm³/mol. The second kappa shape index (κ2) is 5.77. The van der Waals surface area contributed by atoms with Crippen molar-refractivity contribution in [2.24, 2.45) is 0 Å². The van der Waals surface area contributed by atoms with Gasteiger partial charge in [0.05, 0.1) is 12.8 Å². The summed E-state index contributed by atoms with van der Waals surface area (Å²) in [6.07, 6.45) is 0.617. The van der Waals surface area contributed by atoms with Gasteiger partial charge in [-0.3, -0.25) is 4.79 Å². The Morgan fingerprint density at radius 1 is 1.36 bits per heavy atom. The molecule has 0 bridgehead atoms. The summed E-state index contributed by atoms with van der Waals surface area (Å²) in [5.74, 6) is 1.51. The minimum atomic E-state index is -2.92. The summed E-state index contributed by atoms with van der Waals surface area (Å²) >= 11 is 0. The summed E-state index contributed by atoms with van der Waals surface area (Å²) in [7, 11) is -1.07. The van der Waals surface area contributed by atoms with Crippen molar-refractivity contribution in [3.63, 3.8) is 0 Å². The summed E-state index contributed by atoms with van der Waals surface area (Å²) in [5, 5.41) is 2.80. The van der Waals surface area contributed by atoms with Crippen molar-refractivity contribution in [3.8, 4) is 11.5 Å². The lowest BCUT2D eigenvalue weighted by atomic mass is 10.2. The summed E-state index contributed by atoms with van der Waals surface area (Å²) in [6.45, 7) is 0.421. The van der Waals surface area contributed by atoms with Gasteiger partial charge in [-0.1, -0.05) is 0 Å². The third kappa shape index (κ3) is 3.33. The molecule has 120 valence electrons. The van der Waals surface area contributed by atoms with Gasteiger partial charge in [-0.05, 0) is 12.1 Å². The number of hydrogen-bond donors (Lipinski definition) is 2. The molecule has 2 N–H and O–H groups in total. The smallest absolute Gasteiger partial charge is 0.279 e. The van der Waals surface area contributed by atoms with Gasteiger partial charge in [0.1, 0.15) is 11.8 Å². The third-order valence-corrected chi connectivity index (χ3v) is 5.79. The molecule has 2 atom stereocenters. The van der Waals surface area contributed by atoms with Crippen molar-refractivity contribution < 1.29 is 27.6 Å². The number of ether oxygens (including phenoxy) is 2. The lowest BCUT2D eigenvalue weighted by Gasteiger charge is -2.19. The van der Waals surface area contributed by atoms with Gasteiger partial charge in [-0.25, -0.2) is 8.42 Å². The standard InChI is InChI=1S/C14H18N2O5S/c1-16(11-4-5-22(18,19)8-11)7-14(17)15-10-2-3-12-13(6-10)21-9-20-12/h2-3,6,11H,4-5,7-9H2,1H3,(H,15,17)/p+1/t11-/m1/s1. The Balaban J connectivity index is 1.56. The number of carbonyl (C=O) groups excluding carboxylic acids is 1.